The molecule has 4 atom stereocenters. The first kappa shape index (κ1) is 17.3. The van der Waals surface area contributed by atoms with E-state index in [-0.39, 0.29) is 23.7 Å². The largest absolute Gasteiger partial charge is 0.416 e. The topological polar surface area (TPSA) is 40.5 Å². The Morgan fingerprint density at radius 3 is 2.54 bits per heavy atom. The number of aliphatic hydroxyl groups is 1. The zero-order valence-electron chi connectivity index (χ0n) is 13.6. The Labute approximate surface area is 139 Å². The van der Waals surface area contributed by atoms with Gasteiger partial charge in [-0.15, -0.1) is 0 Å². The number of aliphatic hydroxyl groups excluding tert-OH is 1. The highest BCUT2D eigenvalue weighted by Gasteiger charge is 2.46. The van der Waals surface area contributed by atoms with Gasteiger partial charge in [0, 0.05) is 24.9 Å². The van der Waals surface area contributed by atoms with E-state index in [1.54, 1.807) is 6.92 Å². The molecule has 0 spiro atoms. The summed E-state index contributed by atoms with van der Waals surface area (Å²) in [5, 5.41) is 9.72. The summed E-state index contributed by atoms with van der Waals surface area (Å²) in [6.45, 7) is 3.03. The number of carbonyl (C=O) groups excluding carboxylic acids is 1. The molecule has 1 aliphatic heterocycles. The fraction of sp³-hybridized carbons (Fsp3) is 0.611. The van der Waals surface area contributed by atoms with E-state index >= 15 is 0 Å². The minimum Gasteiger partial charge on any atom is -0.393 e. The van der Waals surface area contributed by atoms with Gasteiger partial charge in [0.15, 0.2) is 0 Å². The molecule has 6 heteroatoms. The van der Waals surface area contributed by atoms with Crippen LogP contribution in [0.3, 0.4) is 0 Å². The lowest BCUT2D eigenvalue weighted by atomic mass is 9.93. The molecule has 2 aliphatic rings. The molecule has 2 fully saturated rings. The van der Waals surface area contributed by atoms with Crippen LogP contribution in [0.5, 0.6) is 0 Å². The van der Waals surface area contributed by atoms with Crippen molar-refractivity contribution in [1.82, 2.24) is 4.90 Å². The van der Waals surface area contributed by atoms with Gasteiger partial charge in [0.05, 0.1) is 11.7 Å². The van der Waals surface area contributed by atoms with E-state index in [0.29, 0.717) is 19.5 Å². The summed E-state index contributed by atoms with van der Waals surface area (Å²) in [7, 11) is 0. The molecule has 1 saturated heterocycles. The smallest absolute Gasteiger partial charge is 0.393 e. The third kappa shape index (κ3) is 3.58. The highest BCUT2D eigenvalue weighted by atomic mass is 19.4. The average Bonchev–Trinajstić information content (AvgIpc) is 3.34. The summed E-state index contributed by atoms with van der Waals surface area (Å²) in [5.41, 5.74) is 0.135. The van der Waals surface area contributed by atoms with E-state index in [4.69, 9.17) is 0 Å². The van der Waals surface area contributed by atoms with Crippen LogP contribution in [0.2, 0.25) is 0 Å². The summed E-state index contributed by atoms with van der Waals surface area (Å²) in [4.78, 5) is 14.4. The van der Waals surface area contributed by atoms with Crippen LogP contribution in [0.4, 0.5) is 13.2 Å². The number of benzene rings is 1. The maximum atomic E-state index is 12.6. The molecular weight excluding hydrogens is 319 g/mol. The molecule has 0 aromatic heterocycles. The summed E-state index contributed by atoms with van der Waals surface area (Å²) >= 11 is 0. The van der Waals surface area contributed by atoms with Gasteiger partial charge in [0.1, 0.15) is 0 Å². The van der Waals surface area contributed by atoms with Crippen LogP contribution in [-0.4, -0.2) is 35.1 Å². The van der Waals surface area contributed by atoms with Gasteiger partial charge in [-0.05, 0) is 49.8 Å². The van der Waals surface area contributed by atoms with Crippen molar-refractivity contribution in [2.24, 2.45) is 11.8 Å². The van der Waals surface area contributed by atoms with Crippen molar-refractivity contribution in [2.75, 3.05) is 13.1 Å². The van der Waals surface area contributed by atoms with Gasteiger partial charge < -0.3 is 10.0 Å². The molecule has 4 unspecified atom stereocenters. The molecule has 1 saturated carbocycles. The van der Waals surface area contributed by atoms with E-state index in [0.717, 1.165) is 30.5 Å². The van der Waals surface area contributed by atoms with Gasteiger partial charge in [0.2, 0.25) is 5.91 Å². The third-order valence-corrected chi connectivity index (χ3v) is 5.23. The number of hydrogen-bond acceptors (Lipinski definition) is 2. The molecule has 0 bridgehead atoms. The van der Waals surface area contributed by atoms with Crippen LogP contribution in [-0.2, 0) is 11.0 Å². The SMILES string of the molecule is CC(O)C1CCCN(C(=O)C2CC2c2ccc(C(F)(F)F)cc2)C1. The molecule has 3 rings (SSSR count). The number of piperidine rings is 1. The predicted molar refractivity (Wildman–Crippen MR) is 83.3 cm³/mol. The number of nitrogens with zero attached hydrogens (tertiary/aromatic N) is 1. The van der Waals surface area contributed by atoms with Crippen molar-refractivity contribution >= 4 is 5.91 Å². The van der Waals surface area contributed by atoms with E-state index < -0.39 is 17.8 Å². The van der Waals surface area contributed by atoms with Crippen LogP contribution in [0.1, 0.15) is 43.2 Å². The lowest BCUT2D eigenvalue weighted by molar-refractivity contribution is -0.137. The molecule has 1 amide bonds. The van der Waals surface area contributed by atoms with Gasteiger partial charge in [-0.3, -0.25) is 4.79 Å². The Kier molecular flexibility index (Phi) is 4.60. The maximum Gasteiger partial charge on any atom is 0.416 e. The first-order valence-electron chi connectivity index (χ1n) is 8.41. The number of carbonyl (C=O) groups is 1. The zero-order chi connectivity index (χ0) is 17.5. The number of amides is 1. The quantitative estimate of drug-likeness (QED) is 0.915. The van der Waals surface area contributed by atoms with Gasteiger partial charge >= 0.3 is 6.18 Å². The van der Waals surface area contributed by atoms with Crippen LogP contribution in [0, 0.1) is 11.8 Å². The molecule has 1 N–H and O–H groups in total. The minimum absolute atomic E-state index is 0.0201. The van der Waals surface area contributed by atoms with Crippen molar-refractivity contribution in [1.29, 1.82) is 0 Å². The summed E-state index contributed by atoms with van der Waals surface area (Å²) in [6.07, 6.45) is -2.25. The maximum absolute atomic E-state index is 12.6. The lowest BCUT2D eigenvalue weighted by Gasteiger charge is -2.34. The van der Waals surface area contributed by atoms with Crippen LogP contribution < -0.4 is 0 Å². The normalized spacial score (nSPS) is 28.5. The highest BCUT2D eigenvalue weighted by Crippen LogP contribution is 2.49. The van der Waals surface area contributed by atoms with Crippen LogP contribution in [0.25, 0.3) is 0 Å². The van der Waals surface area contributed by atoms with Crippen LogP contribution >= 0.6 is 0 Å². The lowest BCUT2D eigenvalue weighted by Crippen LogP contribution is -2.43. The summed E-state index contributed by atoms with van der Waals surface area (Å²) < 4.78 is 37.8. The van der Waals surface area contributed by atoms with Gasteiger partial charge in [-0.1, -0.05) is 12.1 Å². The van der Waals surface area contributed by atoms with E-state index in [9.17, 15) is 23.1 Å². The molecule has 132 valence electrons. The fourth-order valence-electron chi connectivity index (χ4n) is 3.59. The van der Waals surface area contributed by atoms with E-state index in [1.165, 1.54) is 12.1 Å². The Morgan fingerprint density at radius 1 is 1.29 bits per heavy atom. The molecular formula is C18H22F3NO2. The summed E-state index contributed by atoms with van der Waals surface area (Å²) in [5.74, 6) is 0.0809. The van der Waals surface area contributed by atoms with Gasteiger partial charge in [-0.25, -0.2) is 0 Å². The van der Waals surface area contributed by atoms with Crippen molar-refractivity contribution in [2.45, 2.75) is 44.4 Å². The first-order valence-corrected chi connectivity index (χ1v) is 8.41. The Balaban J connectivity index is 1.61. The van der Waals surface area contributed by atoms with Crippen molar-refractivity contribution in [3.8, 4) is 0 Å². The monoisotopic (exact) mass is 341 g/mol. The van der Waals surface area contributed by atoms with Gasteiger partial charge in [0.25, 0.3) is 0 Å². The fourth-order valence-corrected chi connectivity index (χ4v) is 3.59. The highest BCUT2D eigenvalue weighted by molar-refractivity contribution is 5.83. The predicted octanol–water partition coefficient (Wildman–Crippen LogP) is 3.43. The molecule has 1 aromatic rings. The van der Waals surface area contributed by atoms with E-state index in [1.807, 2.05) is 4.90 Å². The van der Waals surface area contributed by atoms with E-state index in [2.05, 4.69) is 0 Å². The number of halogens is 3. The molecule has 1 aromatic carbocycles. The molecule has 0 radical (unpaired) electrons. The van der Waals surface area contributed by atoms with Crippen molar-refractivity contribution in [3.63, 3.8) is 0 Å². The molecule has 1 aliphatic carbocycles. The van der Waals surface area contributed by atoms with Crippen molar-refractivity contribution < 1.29 is 23.1 Å². The van der Waals surface area contributed by atoms with Crippen LogP contribution in [0.15, 0.2) is 24.3 Å². The second-order valence-electron chi connectivity index (χ2n) is 7.00. The minimum atomic E-state index is -4.33. The number of likely N-dealkylation sites (tertiary alicyclic amines) is 1. The molecule has 24 heavy (non-hydrogen) atoms. The Morgan fingerprint density at radius 2 is 1.96 bits per heavy atom. The summed E-state index contributed by atoms with van der Waals surface area (Å²) in [6, 6.07) is 5.13. The second-order valence-corrected chi connectivity index (χ2v) is 7.00. The second kappa shape index (κ2) is 6.39. The Hall–Kier alpha value is -1.56. The first-order chi connectivity index (χ1) is 11.3. The van der Waals surface area contributed by atoms with Gasteiger partial charge in [-0.2, -0.15) is 13.2 Å². The zero-order valence-corrected chi connectivity index (χ0v) is 13.6. The molecule has 3 nitrogen and oxygen atoms in total. The third-order valence-electron chi connectivity index (χ3n) is 5.23. The number of hydrogen-bond donors (Lipinski definition) is 1. The number of rotatable bonds is 3. The Bertz CT molecular complexity index is 597. The average molecular weight is 341 g/mol. The van der Waals surface area contributed by atoms with Crippen molar-refractivity contribution in [3.05, 3.63) is 35.4 Å². The molecule has 1 heterocycles. The standard InChI is InChI=1S/C18H22F3NO2/c1-11(23)13-3-2-8-22(10-13)17(24)16-9-15(16)12-4-6-14(7-5-12)18(19,20)21/h4-7,11,13,15-16,23H,2-3,8-10H2,1H3. The number of alkyl halides is 3.